The number of likely N-dealkylation sites (tertiary alicyclic amines) is 1. The Hall–Kier alpha value is -0.120. The van der Waals surface area contributed by atoms with Gasteiger partial charge < -0.3 is 14.7 Å². The summed E-state index contributed by atoms with van der Waals surface area (Å²) in [5.74, 6) is 0.940. The van der Waals surface area contributed by atoms with Gasteiger partial charge in [-0.05, 0) is 51.1 Å². The van der Waals surface area contributed by atoms with E-state index < -0.39 is 0 Å². The summed E-state index contributed by atoms with van der Waals surface area (Å²) in [6, 6.07) is 0. The van der Waals surface area contributed by atoms with Crippen molar-refractivity contribution in [2.45, 2.75) is 51.9 Å². The van der Waals surface area contributed by atoms with Gasteiger partial charge in [0.2, 0.25) is 0 Å². The Labute approximate surface area is 118 Å². The molecule has 3 nitrogen and oxygen atoms in total. The van der Waals surface area contributed by atoms with Crippen molar-refractivity contribution in [2.75, 3.05) is 39.5 Å². The average molecular weight is 269 g/mol. The number of rotatable bonds is 5. The summed E-state index contributed by atoms with van der Waals surface area (Å²) in [6.45, 7) is 7.80. The molecule has 19 heavy (non-hydrogen) atoms. The fourth-order valence-corrected chi connectivity index (χ4v) is 3.72. The lowest BCUT2D eigenvalue weighted by molar-refractivity contribution is -0.0339. The molecule has 0 aromatic rings. The maximum absolute atomic E-state index is 9.80. The number of hydrogen-bond acceptors (Lipinski definition) is 3. The molecule has 0 spiro atoms. The Morgan fingerprint density at radius 1 is 1.21 bits per heavy atom. The molecule has 3 heteroatoms. The molecule has 0 aromatic heterocycles. The van der Waals surface area contributed by atoms with E-state index in [1.165, 1.54) is 45.2 Å². The molecule has 2 fully saturated rings. The van der Waals surface area contributed by atoms with Crippen LogP contribution >= 0.6 is 0 Å². The van der Waals surface area contributed by atoms with Crippen LogP contribution in [0, 0.1) is 11.3 Å². The minimum absolute atomic E-state index is 0.114. The fourth-order valence-electron chi connectivity index (χ4n) is 3.72. The minimum atomic E-state index is 0.114. The molecular weight excluding hydrogens is 238 g/mol. The van der Waals surface area contributed by atoms with Crippen molar-refractivity contribution >= 4 is 0 Å². The molecule has 0 radical (unpaired) electrons. The first-order chi connectivity index (χ1) is 9.28. The Bertz CT molecular complexity index is 251. The zero-order chi connectivity index (χ0) is 13.6. The van der Waals surface area contributed by atoms with Gasteiger partial charge in [0.25, 0.3) is 0 Å². The van der Waals surface area contributed by atoms with Crippen LogP contribution in [0.15, 0.2) is 0 Å². The molecule has 1 unspecified atom stereocenters. The highest BCUT2D eigenvalue weighted by molar-refractivity contribution is 4.85. The molecule has 1 N–H and O–H groups in total. The highest BCUT2D eigenvalue weighted by Crippen LogP contribution is 2.32. The molecular formula is C16H31NO2. The second kappa shape index (κ2) is 7.61. The van der Waals surface area contributed by atoms with Crippen LogP contribution in [-0.4, -0.2) is 49.5 Å². The molecule has 2 saturated heterocycles. The first-order valence-corrected chi connectivity index (χ1v) is 8.19. The van der Waals surface area contributed by atoms with Gasteiger partial charge in [-0.15, -0.1) is 0 Å². The normalized spacial score (nSPS) is 29.1. The number of aliphatic hydroxyl groups is 1. The van der Waals surface area contributed by atoms with Crippen LogP contribution in [0.25, 0.3) is 0 Å². The molecule has 2 rings (SSSR count). The largest absolute Gasteiger partial charge is 0.396 e. The maximum Gasteiger partial charge on any atom is 0.0501 e. The summed E-state index contributed by atoms with van der Waals surface area (Å²) in [6.07, 6.45) is 8.86. The average Bonchev–Trinajstić information content (AvgIpc) is 2.66. The Balaban J connectivity index is 1.84. The van der Waals surface area contributed by atoms with Crippen molar-refractivity contribution < 1.29 is 9.84 Å². The molecule has 0 amide bonds. The smallest absolute Gasteiger partial charge is 0.0501 e. The van der Waals surface area contributed by atoms with Crippen molar-refractivity contribution in [3.8, 4) is 0 Å². The van der Waals surface area contributed by atoms with Crippen molar-refractivity contribution in [1.29, 1.82) is 0 Å². The summed E-state index contributed by atoms with van der Waals surface area (Å²) in [5.41, 5.74) is 0.114. The number of hydrogen-bond donors (Lipinski definition) is 1. The molecule has 1 atom stereocenters. The maximum atomic E-state index is 9.80. The lowest BCUT2D eigenvalue weighted by Crippen LogP contribution is -2.44. The quantitative estimate of drug-likeness (QED) is 0.833. The molecule has 2 aliphatic rings. The summed E-state index contributed by atoms with van der Waals surface area (Å²) in [5, 5.41) is 9.80. The van der Waals surface area contributed by atoms with Gasteiger partial charge in [-0.3, -0.25) is 0 Å². The lowest BCUT2D eigenvalue weighted by Gasteiger charge is -2.39. The molecule has 2 aliphatic heterocycles. The highest BCUT2D eigenvalue weighted by atomic mass is 16.5. The van der Waals surface area contributed by atoms with Crippen LogP contribution in [0.3, 0.4) is 0 Å². The van der Waals surface area contributed by atoms with Crippen LogP contribution in [0.4, 0.5) is 0 Å². The zero-order valence-corrected chi connectivity index (χ0v) is 12.6. The van der Waals surface area contributed by atoms with Gasteiger partial charge >= 0.3 is 0 Å². The van der Waals surface area contributed by atoms with Crippen molar-refractivity contribution in [3.05, 3.63) is 0 Å². The van der Waals surface area contributed by atoms with E-state index in [0.717, 1.165) is 38.5 Å². The van der Waals surface area contributed by atoms with Crippen LogP contribution in [0.5, 0.6) is 0 Å². The lowest BCUT2D eigenvalue weighted by atomic mass is 9.80. The van der Waals surface area contributed by atoms with Gasteiger partial charge in [-0.25, -0.2) is 0 Å². The summed E-state index contributed by atoms with van der Waals surface area (Å²) in [4.78, 5) is 2.61. The number of nitrogens with zero attached hydrogens (tertiary/aromatic N) is 1. The van der Waals surface area contributed by atoms with E-state index in [4.69, 9.17) is 4.74 Å². The van der Waals surface area contributed by atoms with E-state index in [-0.39, 0.29) is 5.41 Å². The van der Waals surface area contributed by atoms with Gasteiger partial charge in [0.05, 0.1) is 6.61 Å². The van der Waals surface area contributed by atoms with Gasteiger partial charge in [-0.2, -0.15) is 0 Å². The van der Waals surface area contributed by atoms with Crippen LogP contribution in [0.2, 0.25) is 0 Å². The van der Waals surface area contributed by atoms with Gasteiger partial charge in [-0.1, -0.05) is 19.8 Å². The summed E-state index contributed by atoms with van der Waals surface area (Å²) >= 11 is 0. The predicted molar refractivity (Wildman–Crippen MR) is 78.3 cm³/mol. The third-order valence-electron chi connectivity index (χ3n) is 5.09. The van der Waals surface area contributed by atoms with E-state index >= 15 is 0 Å². The van der Waals surface area contributed by atoms with E-state index in [0.29, 0.717) is 6.61 Å². The predicted octanol–water partition coefficient (Wildman–Crippen LogP) is 2.68. The Morgan fingerprint density at radius 3 is 2.68 bits per heavy atom. The zero-order valence-electron chi connectivity index (χ0n) is 12.6. The van der Waals surface area contributed by atoms with E-state index in [1.54, 1.807) is 0 Å². The summed E-state index contributed by atoms with van der Waals surface area (Å²) in [7, 11) is 0. The van der Waals surface area contributed by atoms with Gasteiger partial charge in [0.1, 0.15) is 0 Å². The van der Waals surface area contributed by atoms with E-state index in [2.05, 4.69) is 11.8 Å². The molecule has 0 bridgehead atoms. The second-order valence-electron chi connectivity index (χ2n) is 6.63. The first kappa shape index (κ1) is 15.3. The molecule has 0 aliphatic carbocycles. The topological polar surface area (TPSA) is 32.7 Å². The van der Waals surface area contributed by atoms with Gasteiger partial charge in [0, 0.05) is 25.2 Å². The monoisotopic (exact) mass is 269 g/mol. The first-order valence-electron chi connectivity index (χ1n) is 8.19. The van der Waals surface area contributed by atoms with Crippen LogP contribution < -0.4 is 0 Å². The van der Waals surface area contributed by atoms with Gasteiger partial charge in [0.15, 0.2) is 0 Å². The molecule has 112 valence electrons. The molecule has 0 saturated carbocycles. The Kier molecular flexibility index (Phi) is 6.11. The summed E-state index contributed by atoms with van der Waals surface area (Å²) < 4.78 is 5.46. The molecule has 0 aromatic carbocycles. The van der Waals surface area contributed by atoms with E-state index in [1.807, 2.05) is 0 Å². The Morgan fingerprint density at radius 2 is 2.00 bits per heavy atom. The van der Waals surface area contributed by atoms with Crippen molar-refractivity contribution in [1.82, 2.24) is 4.90 Å². The van der Waals surface area contributed by atoms with Crippen molar-refractivity contribution in [2.24, 2.45) is 11.3 Å². The van der Waals surface area contributed by atoms with Crippen molar-refractivity contribution in [3.63, 3.8) is 0 Å². The van der Waals surface area contributed by atoms with E-state index in [9.17, 15) is 5.11 Å². The second-order valence-corrected chi connectivity index (χ2v) is 6.63. The van der Waals surface area contributed by atoms with Crippen LogP contribution in [0.1, 0.15) is 51.9 Å². The fraction of sp³-hybridized carbons (Fsp3) is 1.00. The molecule has 2 heterocycles. The highest BCUT2D eigenvalue weighted by Gasteiger charge is 2.34. The SMILES string of the molecule is CCCC1CCCN(CC2(CO)CCOCC2)CC1. The third-order valence-corrected chi connectivity index (χ3v) is 5.09. The number of ether oxygens (including phenoxy) is 1. The number of aliphatic hydroxyl groups excluding tert-OH is 1. The van der Waals surface area contributed by atoms with Crippen LogP contribution in [-0.2, 0) is 4.74 Å². The third kappa shape index (κ3) is 4.44. The standard InChI is InChI=1S/C16H31NO2/c1-2-4-15-5-3-9-17(10-6-15)13-16(14-18)7-11-19-12-8-16/h15,18H,2-14H2,1H3. The minimum Gasteiger partial charge on any atom is -0.396 e.